The lowest BCUT2D eigenvalue weighted by Gasteiger charge is -2.36. The minimum atomic E-state index is -0.266. The second-order valence-corrected chi connectivity index (χ2v) is 6.00. The number of hydrogen-bond donors (Lipinski definition) is 1. The Bertz CT molecular complexity index is 226. The molecule has 0 rings (SSSR count). The maximum atomic E-state index is 12.3. The molecule has 3 nitrogen and oxygen atoms in total. The lowest BCUT2D eigenvalue weighted by atomic mass is 9.70. The monoisotopic (exact) mass is 242 g/mol. The summed E-state index contributed by atoms with van der Waals surface area (Å²) < 4.78 is 0. The van der Waals surface area contributed by atoms with E-state index >= 15 is 0 Å². The third kappa shape index (κ3) is 4.66. The fourth-order valence-electron chi connectivity index (χ4n) is 1.98. The molecule has 1 N–H and O–H groups in total. The van der Waals surface area contributed by atoms with Crippen molar-refractivity contribution in [3.8, 4) is 0 Å². The number of rotatable bonds is 7. The fraction of sp³-hybridized carbons (Fsp3) is 0.929. The van der Waals surface area contributed by atoms with Crippen molar-refractivity contribution in [2.24, 2.45) is 17.3 Å². The highest BCUT2D eigenvalue weighted by Crippen LogP contribution is 2.35. The van der Waals surface area contributed by atoms with Gasteiger partial charge in [0.2, 0.25) is 5.91 Å². The summed E-state index contributed by atoms with van der Waals surface area (Å²) in [7, 11) is 4.10. The first kappa shape index (κ1) is 16.4. The topological polar surface area (TPSA) is 32.3 Å². The van der Waals surface area contributed by atoms with Crippen molar-refractivity contribution in [1.29, 1.82) is 0 Å². The molecule has 0 atom stereocenters. The zero-order chi connectivity index (χ0) is 13.6. The summed E-state index contributed by atoms with van der Waals surface area (Å²) in [5.41, 5.74) is -0.266. The largest absolute Gasteiger partial charge is 0.356 e. The Morgan fingerprint density at radius 1 is 1.18 bits per heavy atom. The number of carbonyl (C=O) groups excluding carboxylic acids is 1. The summed E-state index contributed by atoms with van der Waals surface area (Å²) in [5.74, 6) is 0.911. The molecule has 1 amide bonds. The molecule has 17 heavy (non-hydrogen) atoms. The molecule has 0 aliphatic carbocycles. The lowest BCUT2D eigenvalue weighted by Crippen LogP contribution is -2.46. The van der Waals surface area contributed by atoms with E-state index in [2.05, 4.69) is 44.8 Å². The van der Waals surface area contributed by atoms with Crippen LogP contribution in [0.15, 0.2) is 0 Å². The first-order valence-electron chi connectivity index (χ1n) is 6.66. The lowest BCUT2D eigenvalue weighted by molar-refractivity contribution is -0.135. The SMILES string of the molecule is CC(C)C(C)(C(=O)NCCCN(C)C)C(C)C. The van der Waals surface area contributed by atoms with Gasteiger partial charge in [-0.15, -0.1) is 0 Å². The molecule has 0 saturated carbocycles. The third-order valence-corrected chi connectivity index (χ3v) is 3.96. The second-order valence-electron chi connectivity index (χ2n) is 6.00. The molecule has 0 aliphatic rings. The summed E-state index contributed by atoms with van der Waals surface area (Å²) >= 11 is 0. The normalized spacial score (nSPS) is 12.6. The molecule has 0 bridgehead atoms. The highest BCUT2D eigenvalue weighted by atomic mass is 16.2. The summed E-state index contributed by atoms with van der Waals surface area (Å²) in [5, 5.41) is 3.08. The summed E-state index contributed by atoms with van der Waals surface area (Å²) in [6.45, 7) is 12.4. The van der Waals surface area contributed by atoms with Gasteiger partial charge in [0.25, 0.3) is 0 Å². The minimum Gasteiger partial charge on any atom is -0.356 e. The number of hydrogen-bond acceptors (Lipinski definition) is 2. The maximum Gasteiger partial charge on any atom is 0.226 e. The van der Waals surface area contributed by atoms with Crippen LogP contribution in [-0.4, -0.2) is 38.0 Å². The summed E-state index contributed by atoms with van der Waals surface area (Å²) in [6, 6.07) is 0. The molecule has 0 aromatic carbocycles. The van der Waals surface area contributed by atoms with Crippen LogP contribution in [-0.2, 0) is 4.79 Å². The Kier molecular flexibility index (Phi) is 6.76. The van der Waals surface area contributed by atoms with E-state index in [1.807, 2.05) is 14.1 Å². The zero-order valence-corrected chi connectivity index (χ0v) is 12.6. The van der Waals surface area contributed by atoms with E-state index < -0.39 is 0 Å². The minimum absolute atomic E-state index is 0.196. The van der Waals surface area contributed by atoms with E-state index in [0.717, 1.165) is 19.5 Å². The first-order valence-corrected chi connectivity index (χ1v) is 6.66. The Labute approximate surface area is 107 Å². The molecule has 0 saturated heterocycles. The van der Waals surface area contributed by atoms with Crippen molar-refractivity contribution in [2.45, 2.75) is 41.0 Å². The van der Waals surface area contributed by atoms with Gasteiger partial charge in [0, 0.05) is 6.54 Å². The predicted molar refractivity (Wildman–Crippen MR) is 74.0 cm³/mol. The van der Waals surface area contributed by atoms with Crippen molar-refractivity contribution in [2.75, 3.05) is 27.2 Å². The Hall–Kier alpha value is -0.570. The van der Waals surface area contributed by atoms with E-state index in [9.17, 15) is 4.79 Å². The van der Waals surface area contributed by atoms with Gasteiger partial charge in [0.1, 0.15) is 0 Å². The van der Waals surface area contributed by atoms with Gasteiger partial charge >= 0.3 is 0 Å². The van der Waals surface area contributed by atoms with Gasteiger partial charge < -0.3 is 10.2 Å². The van der Waals surface area contributed by atoms with E-state index in [-0.39, 0.29) is 11.3 Å². The van der Waals surface area contributed by atoms with E-state index in [0.29, 0.717) is 11.8 Å². The molecule has 0 unspecified atom stereocenters. The smallest absolute Gasteiger partial charge is 0.226 e. The molecular weight excluding hydrogens is 212 g/mol. The number of carbonyl (C=O) groups is 1. The van der Waals surface area contributed by atoms with Gasteiger partial charge in [-0.3, -0.25) is 4.79 Å². The van der Waals surface area contributed by atoms with E-state index in [4.69, 9.17) is 0 Å². The van der Waals surface area contributed by atoms with Gasteiger partial charge in [-0.1, -0.05) is 34.6 Å². The average Bonchev–Trinajstić information content (AvgIpc) is 2.21. The number of amides is 1. The molecular formula is C14H30N2O. The quantitative estimate of drug-likeness (QED) is 0.695. The highest BCUT2D eigenvalue weighted by Gasteiger charge is 2.39. The average molecular weight is 242 g/mol. The maximum absolute atomic E-state index is 12.3. The Morgan fingerprint density at radius 2 is 1.65 bits per heavy atom. The van der Waals surface area contributed by atoms with Crippen LogP contribution in [0.25, 0.3) is 0 Å². The Morgan fingerprint density at radius 3 is 2.00 bits per heavy atom. The van der Waals surface area contributed by atoms with Crippen molar-refractivity contribution in [3.05, 3.63) is 0 Å². The van der Waals surface area contributed by atoms with E-state index in [1.54, 1.807) is 0 Å². The predicted octanol–water partition coefficient (Wildman–Crippen LogP) is 2.37. The molecule has 0 radical (unpaired) electrons. The van der Waals surface area contributed by atoms with Crippen molar-refractivity contribution < 1.29 is 4.79 Å². The van der Waals surface area contributed by atoms with Crippen molar-refractivity contribution >= 4 is 5.91 Å². The number of nitrogens with zero attached hydrogens (tertiary/aromatic N) is 1. The van der Waals surface area contributed by atoms with Gasteiger partial charge in [-0.2, -0.15) is 0 Å². The van der Waals surface area contributed by atoms with Crippen LogP contribution in [0.1, 0.15) is 41.0 Å². The fourth-order valence-corrected chi connectivity index (χ4v) is 1.98. The van der Waals surface area contributed by atoms with Crippen LogP contribution in [0.2, 0.25) is 0 Å². The molecule has 102 valence electrons. The van der Waals surface area contributed by atoms with Gasteiger partial charge in [-0.25, -0.2) is 0 Å². The molecule has 0 aromatic rings. The second kappa shape index (κ2) is 7.00. The van der Waals surface area contributed by atoms with Crippen molar-refractivity contribution in [3.63, 3.8) is 0 Å². The standard InChI is InChI=1S/C14H30N2O/c1-11(2)14(5,12(3)4)13(17)15-9-8-10-16(6)7/h11-12H,8-10H2,1-7H3,(H,15,17). The van der Waals surface area contributed by atoms with Crippen LogP contribution < -0.4 is 5.32 Å². The zero-order valence-electron chi connectivity index (χ0n) is 12.6. The molecule has 0 aromatic heterocycles. The molecule has 0 spiro atoms. The summed E-state index contributed by atoms with van der Waals surface area (Å²) in [4.78, 5) is 14.4. The van der Waals surface area contributed by atoms with Crippen LogP contribution in [0.3, 0.4) is 0 Å². The summed E-state index contributed by atoms with van der Waals surface area (Å²) in [6.07, 6.45) is 1.00. The van der Waals surface area contributed by atoms with Crippen LogP contribution in [0, 0.1) is 17.3 Å². The van der Waals surface area contributed by atoms with Crippen LogP contribution in [0.5, 0.6) is 0 Å². The molecule has 0 aliphatic heterocycles. The molecule has 0 heterocycles. The number of nitrogens with one attached hydrogen (secondary N) is 1. The first-order chi connectivity index (χ1) is 7.72. The van der Waals surface area contributed by atoms with Gasteiger partial charge in [0.05, 0.1) is 5.41 Å². The molecule has 3 heteroatoms. The molecule has 0 fully saturated rings. The van der Waals surface area contributed by atoms with Gasteiger partial charge in [-0.05, 0) is 38.9 Å². The third-order valence-electron chi connectivity index (χ3n) is 3.96. The van der Waals surface area contributed by atoms with Crippen LogP contribution in [0.4, 0.5) is 0 Å². The van der Waals surface area contributed by atoms with Crippen molar-refractivity contribution in [1.82, 2.24) is 10.2 Å². The van der Waals surface area contributed by atoms with Gasteiger partial charge in [0.15, 0.2) is 0 Å². The Balaban J connectivity index is 4.27. The van der Waals surface area contributed by atoms with E-state index in [1.165, 1.54) is 0 Å². The highest BCUT2D eigenvalue weighted by molar-refractivity contribution is 5.82. The van der Waals surface area contributed by atoms with Crippen LogP contribution >= 0.6 is 0 Å².